The second kappa shape index (κ2) is 6.19. The van der Waals surface area contributed by atoms with Crippen molar-refractivity contribution in [3.63, 3.8) is 0 Å². The lowest BCUT2D eigenvalue weighted by Gasteiger charge is -2.18. The molecular weight excluding hydrogens is 260 g/mol. The van der Waals surface area contributed by atoms with Crippen LogP contribution < -0.4 is 4.84 Å². The second-order valence-electron chi connectivity index (χ2n) is 5.19. The zero-order valence-corrected chi connectivity index (χ0v) is 12.7. The van der Waals surface area contributed by atoms with E-state index in [2.05, 4.69) is 67.3 Å². The maximum absolute atomic E-state index is 6.08. The van der Waals surface area contributed by atoms with Crippen LogP contribution in [0.1, 0.15) is 13.8 Å². The average molecular weight is 282 g/mol. The van der Waals surface area contributed by atoms with E-state index in [9.17, 15) is 0 Å². The Morgan fingerprint density at radius 1 is 0.857 bits per heavy atom. The molecule has 0 aliphatic rings. The van der Waals surface area contributed by atoms with Gasteiger partial charge in [-0.25, -0.2) is 0 Å². The first kappa shape index (κ1) is 14.0. The van der Waals surface area contributed by atoms with Gasteiger partial charge >= 0.3 is 0 Å². The zero-order chi connectivity index (χ0) is 14.7. The van der Waals surface area contributed by atoms with Gasteiger partial charge in [0, 0.05) is 17.3 Å². The quantitative estimate of drug-likeness (QED) is 0.688. The third-order valence-electron chi connectivity index (χ3n) is 4.06. The lowest BCUT2D eigenvalue weighted by atomic mass is 10.2. The molecule has 0 N–H and O–H groups in total. The van der Waals surface area contributed by atoms with Gasteiger partial charge in [0.05, 0.1) is 11.0 Å². The van der Waals surface area contributed by atoms with Gasteiger partial charge in [0.25, 0.3) is 0 Å². The summed E-state index contributed by atoms with van der Waals surface area (Å²) in [6.07, 6.45) is 0. The summed E-state index contributed by atoms with van der Waals surface area (Å²) in [7, 11) is 0. The Morgan fingerprint density at radius 3 is 1.90 bits per heavy atom. The molecule has 0 atom stereocenters. The Kier molecular flexibility index (Phi) is 4.11. The summed E-state index contributed by atoms with van der Waals surface area (Å²) < 4.78 is 1.98. The Balaban J connectivity index is 1.93. The molecule has 3 aromatic rings. The molecular formula is C18H22N2O. The third-order valence-corrected chi connectivity index (χ3v) is 4.06. The van der Waals surface area contributed by atoms with E-state index in [0.29, 0.717) is 6.61 Å². The van der Waals surface area contributed by atoms with Crippen molar-refractivity contribution in [2.24, 2.45) is 0 Å². The van der Waals surface area contributed by atoms with Crippen molar-refractivity contribution in [2.45, 2.75) is 13.8 Å². The number of para-hydroxylation sites is 2. The molecule has 0 spiro atoms. The highest BCUT2D eigenvalue weighted by atomic mass is 16.7. The Hall–Kier alpha value is -2.00. The van der Waals surface area contributed by atoms with Gasteiger partial charge < -0.3 is 9.74 Å². The van der Waals surface area contributed by atoms with Crippen LogP contribution in [0, 0.1) is 0 Å². The van der Waals surface area contributed by atoms with Gasteiger partial charge in [0.15, 0.2) is 0 Å². The number of benzene rings is 2. The molecule has 2 aromatic carbocycles. The topological polar surface area (TPSA) is 17.4 Å². The number of rotatable bonds is 6. The molecule has 0 saturated heterocycles. The molecule has 0 bridgehead atoms. The van der Waals surface area contributed by atoms with Gasteiger partial charge in [-0.2, -0.15) is 4.73 Å². The van der Waals surface area contributed by atoms with E-state index in [1.165, 1.54) is 10.8 Å². The number of hydrogen-bond acceptors (Lipinski definition) is 2. The second-order valence-corrected chi connectivity index (χ2v) is 5.19. The largest absolute Gasteiger partial charge is 0.412 e. The van der Waals surface area contributed by atoms with Crippen molar-refractivity contribution in [3.05, 3.63) is 48.5 Å². The molecule has 0 fully saturated rings. The van der Waals surface area contributed by atoms with Crippen molar-refractivity contribution in [1.82, 2.24) is 9.63 Å². The molecule has 0 radical (unpaired) electrons. The number of aromatic nitrogens is 1. The molecule has 3 heteroatoms. The van der Waals surface area contributed by atoms with Crippen LogP contribution in [-0.2, 0) is 0 Å². The van der Waals surface area contributed by atoms with Gasteiger partial charge in [-0.1, -0.05) is 50.2 Å². The summed E-state index contributed by atoms with van der Waals surface area (Å²) in [6, 6.07) is 16.8. The highest BCUT2D eigenvalue weighted by Gasteiger charge is 2.10. The summed E-state index contributed by atoms with van der Waals surface area (Å²) in [4.78, 5) is 8.45. The summed E-state index contributed by atoms with van der Waals surface area (Å²) in [5, 5.41) is 2.49. The Bertz CT molecular complexity index is 675. The maximum Gasteiger partial charge on any atom is 0.127 e. The summed E-state index contributed by atoms with van der Waals surface area (Å²) >= 11 is 0. The maximum atomic E-state index is 6.08. The minimum absolute atomic E-state index is 0.699. The van der Waals surface area contributed by atoms with Crippen LogP contribution in [0.5, 0.6) is 0 Å². The normalized spacial score (nSPS) is 11.6. The van der Waals surface area contributed by atoms with Gasteiger partial charge in [-0.05, 0) is 25.2 Å². The SMILES string of the molecule is CCN(CC)CCOn1c2ccccc2c2ccccc21. The standard InChI is InChI=1S/C18H22N2O/c1-3-19(4-2)13-14-21-20-17-11-7-5-9-15(17)16-10-6-8-12-18(16)20/h5-12H,3-4,13-14H2,1-2H3. The van der Waals surface area contributed by atoms with Crippen molar-refractivity contribution in [2.75, 3.05) is 26.2 Å². The van der Waals surface area contributed by atoms with Crippen LogP contribution in [0.15, 0.2) is 48.5 Å². The first-order valence-corrected chi connectivity index (χ1v) is 7.69. The smallest absolute Gasteiger partial charge is 0.127 e. The minimum Gasteiger partial charge on any atom is -0.412 e. The number of likely N-dealkylation sites (N-methyl/N-ethyl adjacent to an activating group) is 1. The van der Waals surface area contributed by atoms with Crippen LogP contribution in [0.4, 0.5) is 0 Å². The molecule has 3 nitrogen and oxygen atoms in total. The third kappa shape index (κ3) is 2.61. The van der Waals surface area contributed by atoms with E-state index in [1.807, 2.05) is 4.73 Å². The molecule has 21 heavy (non-hydrogen) atoms. The molecule has 0 aliphatic heterocycles. The van der Waals surface area contributed by atoms with Crippen LogP contribution >= 0.6 is 0 Å². The van der Waals surface area contributed by atoms with Gasteiger partial charge in [0.1, 0.15) is 6.61 Å². The van der Waals surface area contributed by atoms with Gasteiger partial charge in [-0.3, -0.25) is 0 Å². The fourth-order valence-electron chi connectivity index (χ4n) is 2.83. The van der Waals surface area contributed by atoms with Crippen LogP contribution in [-0.4, -0.2) is 35.9 Å². The minimum atomic E-state index is 0.699. The first-order valence-electron chi connectivity index (χ1n) is 7.69. The molecule has 0 amide bonds. The predicted octanol–water partition coefficient (Wildman–Crippen LogP) is 3.56. The van der Waals surface area contributed by atoms with E-state index >= 15 is 0 Å². The lowest BCUT2D eigenvalue weighted by Crippen LogP contribution is -2.30. The number of hydrogen-bond donors (Lipinski definition) is 0. The predicted molar refractivity (Wildman–Crippen MR) is 88.7 cm³/mol. The Morgan fingerprint density at radius 2 is 1.38 bits per heavy atom. The first-order chi connectivity index (χ1) is 10.3. The number of fused-ring (bicyclic) bond motifs is 3. The van der Waals surface area contributed by atoms with E-state index in [1.54, 1.807) is 0 Å². The van der Waals surface area contributed by atoms with E-state index in [0.717, 1.165) is 30.7 Å². The summed E-state index contributed by atoms with van der Waals surface area (Å²) in [5.74, 6) is 0. The molecule has 1 aromatic heterocycles. The van der Waals surface area contributed by atoms with Crippen LogP contribution in [0.2, 0.25) is 0 Å². The van der Waals surface area contributed by atoms with Crippen LogP contribution in [0.3, 0.4) is 0 Å². The zero-order valence-electron chi connectivity index (χ0n) is 12.7. The lowest BCUT2D eigenvalue weighted by molar-refractivity contribution is 0.104. The van der Waals surface area contributed by atoms with Gasteiger partial charge in [-0.15, -0.1) is 0 Å². The van der Waals surface area contributed by atoms with E-state index in [-0.39, 0.29) is 0 Å². The Labute approximate surface area is 125 Å². The highest BCUT2D eigenvalue weighted by Crippen LogP contribution is 2.27. The van der Waals surface area contributed by atoms with Crippen molar-refractivity contribution in [1.29, 1.82) is 0 Å². The molecule has 0 saturated carbocycles. The van der Waals surface area contributed by atoms with E-state index < -0.39 is 0 Å². The fourth-order valence-corrected chi connectivity index (χ4v) is 2.83. The molecule has 0 aliphatic carbocycles. The summed E-state index contributed by atoms with van der Waals surface area (Å²) in [5.41, 5.74) is 2.27. The molecule has 110 valence electrons. The van der Waals surface area contributed by atoms with Crippen molar-refractivity contribution in [3.8, 4) is 0 Å². The van der Waals surface area contributed by atoms with E-state index in [4.69, 9.17) is 4.84 Å². The molecule has 1 heterocycles. The molecule has 3 rings (SSSR count). The fraction of sp³-hybridized carbons (Fsp3) is 0.333. The number of nitrogens with zero attached hydrogens (tertiary/aromatic N) is 2. The summed E-state index contributed by atoms with van der Waals surface area (Å²) in [6.45, 7) is 8.15. The monoisotopic (exact) mass is 282 g/mol. The highest BCUT2D eigenvalue weighted by molar-refractivity contribution is 6.07. The van der Waals surface area contributed by atoms with Crippen LogP contribution in [0.25, 0.3) is 21.8 Å². The van der Waals surface area contributed by atoms with Crippen molar-refractivity contribution < 1.29 is 4.84 Å². The van der Waals surface area contributed by atoms with Crippen molar-refractivity contribution >= 4 is 21.8 Å². The van der Waals surface area contributed by atoms with Gasteiger partial charge in [0.2, 0.25) is 0 Å². The average Bonchev–Trinajstić information content (AvgIpc) is 2.86. The molecule has 0 unspecified atom stereocenters.